The molecule has 2 aliphatic rings. The van der Waals surface area contributed by atoms with Gasteiger partial charge in [-0.3, -0.25) is 14.4 Å². The van der Waals surface area contributed by atoms with Gasteiger partial charge < -0.3 is 24.0 Å². The van der Waals surface area contributed by atoms with Crippen molar-refractivity contribution in [3.05, 3.63) is 18.2 Å². The van der Waals surface area contributed by atoms with Crippen molar-refractivity contribution in [2.75, 3.05) is 32.7 Å². The second-order valence-electron chi connectivity index (χ2n) is 8.26. The molecule has 170 valence electrons. The summed E-state index contributed by atoms with van der Waals surface area (Å²) in [7, 11) is 4.84. The Labute approximate surface area is 183 Å². The lowest BCUT2D eigenvalue weighted by molar-refractivity contribution is -0.162. The first-order chi connectivity index (χ1) is 14.8. The van der Waals surface area contributed by atoms with Gasteiger partial charge in [0.15, 0.2) is 6.10 Å². The number of benzene rings is 1. The van der Waals surface area contributed by atoms with E-state index < -0.39 is 18.0 Å². The topological polar surface area (TPSA) is 85.4 Å². The number of ether oxygens (including phenoxy) is 3. The maximum absolute atomic E-state index is 12.7. The van der Waals surface area contributed by atoms with Gasteiger partial charge in [0.1, 0.15) is 11.5 Å². The lowest BCUT2D eigenvalue weighted by Gasteiger charge is -2.32. The van der Waals surface area contributed by atoms with Crippen LogP contribution in [0.2, 0.25) is 0 Å². The molecule has 1 aromatic carbocycles. The Morgan fingerprint density at radius 3 is 2.48 bits per heavy atom. The molecule has 31 heavy (non-hydrogen) atoms. The van der Waals surface area contributed by atoms with E-state index in [4.69, 9.17) is 14.2 Å². The lowest BCUT2D eigenvalue weighted by Crippen LogP contribution is -2.44. The van der Waals surface area contributed by atoms with E-state index in [0.717, 1.165) is 25.7 Å². The third kappa shape index (κ3) is 5.11. The van der Waals surface area contributed by atoms with E-state index >= 15 is 0 Å². The molecule has 1 aliphatic heterocycles. The minimum absolute atomic E-state index is 0.0351. The third-order valence-electron chi connectivity index (χ3n) is 6.25. The fraction of sp³-hybridized carbons (Fsp3) is 0.609. The highest BCUT2D eigenvalue weighted by atomic mass is 16.5. The van der Waals surface area contributed by atoms with Crippen molar-refractivity contribution in [1.82, 2.24) is 4.90 Å². The van der Waals surface area contributed by atoms with Gasteiger partial charge in [0.05, 0.1) is 25.8 Å². The van der Waals surface area contributed by atoms with Crippen LogP contribution in [0.3, 0.4) is 0 Å². The van der Waals surface area contributed by atoms with Crippen molar-refractivity contribution in [2.45, 2.75) is 57.6 Å². The van der Waals surface area contributed by atoms with E-state index in [1.54, 1.807) is 44.2 Å². The summed E-state index contributed by atoms with van der Waals surface area (Å²) in [4.78, 5) is 41.3. The number of rotatable bonds is 7. The van der Waals surface area contributed by atoms with Crippen LogP contribution in [-0.4, -0.2) is 62.6 Å². The van der Waals surface area contributed by atoms with Crippen LogP contribution in [0.1, 0.15) is 45.4 Å². The monoisotopic (exact) mass is 432 g/mol. The number of nitrogens with zero attached hydrogens (tertiary/aromatic N) is 2. The largest absolute Gasteiger partial charge is 0.497 e. The summed E-state index contributed by atoms with van der Waals surface area (Å²) >= 11 is 0. The number of carbonyl (C=O) groups excluding carboxylic acids is 3. The van der Waals surface area contributed by atoms with Crippen LogP contribution >= 0.6 is 0 Å². The molecule has 0 spiro atoms. The van der Waals surface area contributed by atoms with Crippen molar-refractivity contribution in [3.63, 3.8) is 0 Å². The number of hydrogen-bond acceptors (Lipinski definition) is 6. The van der Waals surface area contributed by atoms with Gasteiger partial charge in [-0.05, 0) is 31.9 Å². The molecule has 0 aromatic heterocycles. The zero-order valence-corrected chi connectivity index (χ0v) is 18.8. The summed E-state index contributed by atoms with van der Waals surface area (Å²) in [5.74, 6) is -0.449. The zero-order valence-electron chi connectivity index (χ0n) is 18.8. The van der Waals surface area contributed by atoms with Crippen LogP contribution in [0, 0.1) is 5.92 Å². The van der Waals surface area contributed by atoms with Gasteiger partial charge in [0, 0.05) is 32.1 Å². The molecular formula is C23H32N2O6. The molecule has 2 atom stereocenters. The average Bonchev–Trinajstić information content (AvgIpc) is 3.19. The van der Waals surface area contributed by atoms with Gasteiger partial charge in [-0.2, -0.15) is 0 Å². The molecule has 1 saturated carbocycles. The van der Waals surface area contributed by atoms with Crippen LogP contribution < -0.4 is 14.4 Å². The number of likely N-dealkylation sites (N-methyl/N-ethyl adjacent to an activating group) is 1. The predicted octanol–water partition coefficient (Wildman–Crippen LogP) is 2.78. The number of esters is 1. The molecule has 8 nitrogen and oxygen atoms in total. The molecule has 8 heteroatoms. The number of hydrogen-bond donors (Lipinski definition) is 0. The molecule has 1 aromatic rings. The van der Waals surface area contributed by atoms with Crippen LogP contribution in [0.4, 0.5) is 5.69 Å². The second kappa shape index (κ2) is 10.0. The minimum atomic E-state index is -0.876. The standard InChI is InChI=1S/C23H32N2O6/c1-15(22(27)24(2)17-8-6-5-7-9-17)31-23(28)16-12-21(26)25(14-16)19-11-10-18(29-3)13-20(19)30-4/h10-11,13,15-17H,5-9,12,14H2,1-4H3/t15-,16+/m0/s1. The van der Waals surface area contributed by atoms with Crippen molar-refractivity contribution in [1.29, 1.82) is 0 Å². The molecule has 2 fully saturated rings. The first-order valence-electron chi connectivity index (χ1n) is 10.8. The molecule has 1 heterocycles. The second-order valence-corrected chi connectivity index (χ2v) is 8.26. The highest BCUT2D eigenvalue weighted by molar-refractivity contribution is 6.01. The smallest absolute Gasteiger partial charge is 0.312 e. The molecule has 0 N–H and O–H groups in total. The van der Waals surface area contributed by atoms with Gasteiger partial charge in [-0.1, -0.05) is 19.3 Å². The molecule has 2 amide bonds. The van der Waals surface area contributed by atoms with Crippen molar-refractivity contribution in [2.24, 2.45) is 5.92 Å². The van der Waals surface area contributed by atoms with E-state index in [2.05, 4.69) is 0 Å². The molecule has 1 aliphatic carbocycles. The van der Waals surface area contributed by atoms with Crippen molar-refractivity contribution in [3.8, 4) is 11.5 Å². The summed E-state index contributed by atoms with van der Waals surface area (Å²) in [6.45, 7) is 1.78. The predicted molar refractivity (Wildman–Crippen MR) is 115 cm³/mol. The Balaban J connectivity index is 1.61. The van der Waals surface area contributed by atoms with Crippen molar-refractivity contribution < 1.29 is 28.6 Å². The highest BCUT2D eigenvalue weighted by Crippen LogP contribution is 2.36. The maximum atomic E-state index is 12.7. The fourth-order valence-corrected chi connectivity index (χ4v) is 4.36. The number of amides is 2. The summed E-state index contributed by atoms with van der Waals surface area (Å²) < 4.78 is 16.1. The molecule has 0 unspecified atom stereocenters. The summed E-state index contributed by atoms with van der Waals surface area (Å²) in [5, 5.41) is 0. The van der Waals surface area contributed by atoms with Crippen LogP contribution in [0.5, 0.6) is 11.5 Å². The Hall–Kier alpha value is -2.77. The number of anilines is 1. The quantitative estimate of drug-likeness (QED) is 0.616. The first kappa shape index (κ1) is 22.9. The molecule has 3 rings (SSSR count). The van der Waals surface area contributed by atoms with Crippen LogP contribution in [-0.2, 0) is 19.1 Å². The summed E-state index contributed by atoms with van der Waals surface area (Å²) in [6.07, 6.45) is 4.56. The van der Waals surface area contributed by atoms with Crippen LogP contribution in [0.25, 0.3) is 0 Å². The first-order valence-corrected chi connectivity index (χ1v) is 10.8. The van der Waals surface area contributed by atoms with Crippen LogP contribution in [0.15, 0.2) is 18.2 Å². The molecule has 0 bridgehead atoms. The molecule has 1 saturated heterocycles. The number of carbonyl (C=O) groups is 3. The van der Waals surface area contributed by atoms with E-state index in [-0.39, 0.29) is 30.8 Å². The normalized spacial score (nSPS) is 20.3. The lowest BCUT2D eigenvalue weighted by atomic mass is 9.94. The van der Waals surface area contributed by atoms with E-state index in [1.807, 2.05) is 0 Å². The Kier molecular flexibility index (Phi) is 7.41. The SMILES string of the molecule is COc1ccc(N2C[C@H](C(=O)O[C@@H](C)C(=O)N(C)C3CCCCC3)CC2=O)c(OC)c1. The zero-order chi connectivity index (χ0) is 22.5. The Bertz CT molecular complexity index is 820. The average molecular weight is 433 g/mol. The summed E-state index contributed by atoms with van der Waals surface area (Å²) in [5.41, 5.74) is 0.574. The van der Waals surface area contributed by atoms with Gasteiger partial charge in [0.2, 0.25) is 5.91 Å². The number of methoxy groups -OCH3 is 2. The summed E-state index contributed by atoms with van der Waals surface area (Å²) in [6, 6.07) is 5.36. The Morgan fingerprint density at radius 1 is 1.13 bits per heavy atom. The van der Waals surface area contributed by atoms with Crippen molar-refractivity contribution >= 4 is 23.5 Å². The highest BCUT2D eigenvalue weighted by Gasteiger charge is 2.39. The van der Waals surface area contributed by atoms with E-state index in [9.17, 15) is 14.4 Å². The van der Waals surface area contributed by atoms with E-state index in [0.29, 0.717) is 17.2 Å². The maximum Gasteiger partial charge on any atom is 0.312 e. The Morgan fingerprint density at radius 2 is 1.84 bits per heavy atom. The van der Waals surface area contributed by atoms with Gasteiger partial charge in [0.25, 0.3) is 5.91 Å². The van der Waals surface area contributed by atoms with E-state index in [1.165, 1.54) is 18.4 Å². The minimum Gasteiger partial charge on any atom is -0.497 e. The fourth-order valence-electron chi connectivity index (χ4n) is 4.36. The van der Waals surface area contributed by atoms with Gasteiger partial charge in [-0.25, -0.2) is 0 Å². The molecule has 0 radical (unpaired) electrons. The third-order valence-corrected chi connectivity index (χ3v) is 6.25. The van der Waals surface area contributed by atoms with Gasteiger partial charge in [-0.15, -0.1) is 0 Å². The molecular weight excluding hydrogens is 400 g/mol. The van der Waals surface area contributed by atoms with Gasteiger partial charge >= 0.3 is 5.97 Å².